The van der Waals surface area contributed by atoms with Gasteiger partial charge < -0.3 is 4.74 Å². The first-order valence-electron chi connectivity index (χ1n) is 10.2. The number of rotatable bonds is 8. The number of ether oxygens (including phenoxy) is 1. The topological polar surface area (TPSA) is 72.5 Å². The average Bonchev–Trinajstić information content (AvgIpc) is 2.74. The number of hydrogen-bond acceptors (Lipinski definition) is 4. The maximum Gasteiger partial charge on any atom is 0.416 e. The zero-order valence-corrected chi connectivity index (χ0v) is 18.4. The van der Waals surface area contributed by atoms with Gasteiger partial charge in [0.2, 0.25) is 10.0 Å². The van der Waals surface area contributed by atoms with E-state index in [1.807, 2.05) is 6.08 Å². The van der Waals surface area contributed by atoms with Crippen LogP contribution in [0.5, 0.6) is 0 Å². The first kappa shape index (κ1) is 24.2. The Bertz CT molecular complexity index is 1120. The number of carbonyl (C=O) groups excluding carboxylic acids is 1. The number of sulfonamides is 1. The Hall–Kier alpha value is -2.49. The lowest BCUT2D eigenvalue weighted by Crippen LogP contribution is -2.23. The molecule has 0 unspecified atom stereocenters. The molecule has 1 heterocycles. The third-order valence-corrected chi connectivity index (χ3v) is 6.62. The SMILES string of the molecule is CCNS(=O)(=O)c1ccc(C2=CCOCC2)c(CC(=O)Cc2cccc(C(F)(F)F)c2)c1. The molecular formula is C23H24F3NO4S. The van der Waals surface area contributed by atoms with Crippen molar-refractivity contribution in [2.45, 2.75) is 37.3 Å². The molecule has 1 aliphatic rings. The van der Waals surface area contributed by atoms with Gasteiger partial charge in [0.25, 0.3) is 0 Å². The number of alkyl halides is 3. The summed E-state index contributed by atoms with van der Waals surface area (Å²) in [4.78, 5) is 12.8. The summed E-state index contributed by atoms with van der Waals surface area (Å²) < 4.78 is 71.5. The Morgan fingerprint density at radius 2 is 1.91 bits per heavy atom. The number of ketones is 1. The highest BCUT2D eigenvalue weighted by molar-refractivity contribution is 7.89. The molecule has 0 bridgehead atoms. The van der Waals surface area contributed by atoms with Crippen LogP contribution in [0.2, 0.25) is 0 Å². The fraction of sp³-hybridized carbons (Fsp3) is 0.348. The third-order valence-electron chi connectivity index (χ3n) is 5.07. The van der Waals surface area contributed by atoms with Gasteiger partial charge in [-0.05, 0) is 46.9 Å². The Labute approximate surface area is 185 Å². The van der Waals surface area contributed by atoms with Crippen molar-refractivity contribution in [2.75, 3.05) is 19.8 Å². The van der Waals surface area contributed by atoms with Gasteiger partial charge in [0, 0.05) is 19.4 Å². The fourth-order valence-corrected chi connectivity index (χ4v) is 4.69. The highest BCUT2D eigenvalue weighted by Gasteiger charge is 2.30. The van der Waals surface area contributed by atoms with Crippen molar-refractivity contribution in [1.82, 2.24) is 4.72 Å². The minimum atomic E-state index is -4.49. The Morgan fingerprint density at radius 1 is 1.12 bits per heavy atom. The first-order valence-corrected chi connectivity index (χ1v) is 11.7. The number of halogens is 3. The summed E-state index contributed by atoms with van der Waals surface area (Å²) in [5, 5.41) is 0. The van der Waals surface area contributed by atoms with Gasteiger partial charge in [-0.2, -0.15) is 13.2 Å². The molecule has 0 fully saturated rings. The molecular weight excluding hydrogens is 443 g/mol. The van der Waals surface area contributed by atoms with Gasteiger partial charge in [0.15, 0.2) is 0 Å². The van der Waals surface area contributed by atoms with E-state index in [1.165, 1.54) is 24.3 Å². The summed E-state index contributed by atoms with van der Waals surface area (Å²) in [7, 11) is -3.73. The molecule has 0 saturated heterocycles. The lowest BCUT2D eigenvalue weighted by atomic mass is 9.92. The van der Waals surface area contributed by atoms with Crippen LogP contribution in [0.1, 0.15) is 35.6 Å². The van der Waals surface area contributed by atoms with Crippen molar-refractivity contribution in [3.63, 3.8) is 0 Å². The van der Waals surface area contributed by atoms with Crippen LogP contribution < -0.4 is 4.72 Å². The van der Waals surface area contributed by atoms with Crippen LogP contribution in [0, 0.1) is 0 Å². The standard InChI is InChI=1S/C23H24F3NO4S/c1-2-27-32(29,30)21-6-7-22(17-8-10-31-11-9-17)18(15-21)14-20(28)13-16-4-3-5-19(12-16)23(24,25)26/h3-8,12,15,27H,2,9-11,13-14H2,1H3. The summed E-state index contributed by atoms with van der Waals surface area (Å²) in [5.74, 6) is -0.309. The minimum absolute atomic E-state index is 0.0395. The summed E-state index contributed by atoms with van der Waals surface area (Å²) in [6.45, 7) is 2.82. The number of nitrogens with one attached hydrogen (secondary N) is 1. The summed E-state index contributed by atoms with van der Waals surface area (Å²) in [6, 6.07) is 9.30. The maximum atomic E-state index is 13.0. The van der Waals surface area contributed by atoms with Crippen molar-refractivity contribution in [1.29, 1.82) is 0 Å². The zero-order valence-electron chi connectivity index (χ0n) is 17.5. The smallest absolute Gasteiger partial charge is 0.377 e. The zero-order chi connectivity index (χ0) is 23.4. The van der Waals surface area contributed by atoms with Crippen LogP contribution in [0.15, 0.2) is 53.4 Å². The second kappa shape index (κ2) is 9.97. The van der Waals surface area contributed by atoms with Crippen LogP contribution in [-0.2, 0) is 38.6 Å². The molecule has 0 aliphatic carbocycles. The van der Waals surface area contributed by atoms with Crippen molar-refractivity contribution < 1.29 is 31.1 Å². The van der Waals surface area contributed by atoms with E-state index in [-0.39, 0.29) is 35.6 Å². The maximum absolute atomic E-state index is 13.0. The second-order valence-corrected chi connectivity index (χ2v) is 9.23. The first-order chi connectivity index (χ1) is 15.1. The van der Waals surface area contributed by atoms with E-state index < -0.39 is 21.8 Å². The van der Waals surface area contributed by atoms with Gasteiger partial charge in [-0.1, -0.05) is 37.3 Å². The van der Waals surface area contributed by atoms with Crippen LogP contribution in [0.25, 0.3) is 5.57 Å². The predicted molar refractivity (Wildman–Crippen MR) is 115 cm³/mol. The minimum Gasteiger partial charge on any atom is -0.377 e. The average molecular weight is 468 g/mol. The van der Waals surface area contributed by atoms with Crippen molar-refractivity contribution in [2.24, 2.45) is 0 Å². The molecule has 9 heteroatoms. The van der Waals surface area contributed by atoms with E-state index in [2.05, 4.69) is 4.72 Å². The Morgan fingerprint density at radius 3 is 2.56 bits per heavy atom. The van der Waals surface area contributed by atoms with Crippen LogP contribution in [-0.4, -0.2) is 34.0 Å². The fourth-order valence-electron chi connectivity index (χ4n) is 3.60. The summed E-state index contributed by atoms with van der Waals surface area (Å²) >= 11 is 0. The van der Waals surface area contributed by atoms with Crippen LogP contribution >= 0.6 is 0 Å². The van der Waals surface area contributed by atoms with E-state index in [0.29, 0.717) is 25.2 Å². The molecule has 0 atom stereocenters. The predicted octanol–water partition coefficient (Wildman–Crippen LogP) is 4.16. The Balaban J connectivity index is 1.90. The number of hydrogen-bond donors (Lipinski definition) is 1. The van der Waals surface area contributed by atoms with Crippen molar-refractivity contribution >= 4 is 21.4 Å². The molecule has 0 saturated carbocycles. The Kier molecular flexibility index (Phi) is 7.53. The number of benzene rings is 2. The molecule has 0 radical (unpaired) electrons. The molecule has 3 rings (SSSR count). The van der Waals surface area contributed by atoms with Crippen molar-refractivity contribution in [3.05, 3.63) is 70.8 Å². The molecule has 32 heavy (non-hydrogen) atoms. The third kappa shape index (κ3) is 6.05. The van der Waals surface area contributed by atoms with Gasteiger partial charge in [-0.15, -0.1) is 0 Å². The van der Waals surface area contributed by atoms with E-state index in [4.69, 9.17) is 4.74 Å². The molecule has 2 aromatic carbocycles. The van der Waals surface area contributed by atoms with Crippen molar-refractivity contribution in [3.8, 4) is 0 Å². The molecule has 0 amide bonds. The quantitative estimate of drug-likeness (QED) is 0.633. The molecule has 2 aromatic rings. The second-order valence-electron chi connectivity index (χ2n) is 7.46. The monoisotopic (exact) mass is 467 g/mol. The normalized spacial score (nSPS) is 14.8. The van der Waals surface area contributed by atoms with E-state index in [9.17, 15) is 26.4 Å². The van der Waals surface area contributed by atoms with E-state index in [0.717, 1.165) is 23.3 Å². The summed E-state index contributed by atoms with van der Waals surface area (Å²) in [5.41, 5.74) is 1.67. The largest absolute Gasteiger partial charge is 0.416 e. The molecule has 1 N–H and O–H groups in total. The molecule has 0 spiro atoms. The number of carbonyl (C=O) groups is 1. The van der Waals surface area contributed by atoms with E-state index >= 15 is 0 Å². The lowest BCUT2D eigenvalue weighted by molar-refractivity contribution is -0.137. The number of Topliss-reactive ketones (excluding diaryl/α,β-unsaturated/α-hetero) is 1. The summed E-state index contributed by atoms with van der Waals surface area (Å²) in [6.07, 6.45) is -2.27. The molecule has 5 nitrogen and oxygen atoms in total. The molecule has 0 aromatic heterocycles. The lowest BCUT2D eigenvalue weighted by Gasteiger charge is -2.18. The molecule has 1 aliphatic heterocycles. The van der Waals surface area contributed by atoms with Gasteiger partial charge >= 0.3 is 6.18 Å². The van der Waals surface area contributed by atoms with E-state index in [1.54, 1.807) is 13.0 Å². The van der Waals surface area contributed by atoms with Gasteiger partial charge in [0.05, 0.1) is 23.7 Å². The highest BCUT2D eigenvalue weighted by atomic mass is 32.2. The van der Waals surface area contributed by atoms with Gasteiger partial charge in [-0.3, -0.25) is 4.79 Å². The van der Waals surface area contributed by atoms with Gasteiger partial charge in [0.1, 0.15) is 5.78 Å². The van der Waals surface area contributed by atoms with Gasteiger partial charge in [-0.25, -0.2) is 13.1 Å². The highest BCUT2D eigenvalue weighted by Crippen LogP contribution is 2.30. The van der Waals surface area contributed by atoms with Crippen LogP contribution in [0.3, 0.4) is 0 Å². The van der Waals surface area contributed by atoms with Crippen LogP contribution in [0.4, 0.5) is 13.2 Å². The molecule has 172 valence electrons.